The molecule has 5 nitrogen and oxygen atoms in total. The van der Waals surface area contributed by atoms with Gasteiger partial charge in [0.15, 0.2) is 0 Å². The molecule has 2 atom stereocenters. The first-order valence-corrected chi connectivity index (χ1v) is 12.9. The molecule has 3 aliphatic rings. The number of halogens is 1. The van der Waals surface area contributed by atoms with Crippen LogP contribution in [0.3, 0.4) is 0 Å². The Morgan fingerprint density at radius 2 is 1.57 bits per heavy atom. The van der Waals surface area contributed by atoms with Crippen molar-refractivity contribution >= 4 is 11.9 Å². The van der Waals surface area contributed by atoms with Crippen molar-refractivity contribution in [1.82, 2.24) is 4.90 Å². The lowest BCUT2D eigenvalue weighted by atomic mass is 9.85. The van der Waals surface area contributed by atoms with Gasteiger partial charge in [0.05, 0.1) is 11.6 Å². The lowest BCUT2D eigenvalue weighted by Gasteiger charge is -2.37. The molecular weight excluding hydrogens is 467 g/mol. The van der Waals surface area contributed by atoms with Gasteiger partial charge < -0.3 is 9.64 Å². The molecule has 186 valence electrons. The average Bonchev–Trinajstić information content (AvgIpc) is 3.38. The summed E-state index contributed by atoms with van der Waals surface area (Å²) in [4.78, 5) is 28.1. The first-order valence-electron chi connectivity index (χ1n) is 12.9. The minimum atomic E-state index is -0.522. The van der Waals surface area contributed by atoms with Gasteiger partial charge in [0.1, 0.15) is 18.2 Å². The molecule has 2 aliphatic heterocycles. The van der Waals surface area contributed by atoms with Gasteiger partial charge in [0, 0.05) is 30.3 Å². The molecule has 0 spiro atoms. The molecule has 1 aliphatic carbocycles. The standard InChI is InChI=1S/C31H27FN2O3/c32-29-13-19(17-33)9-10-20(29)16-30(35)21-14-22-11-12-23(15-21)34(22)31(36)37-18-28-26-7-3-1-5-24(26)25-6-2-4-8-27(25)28/h1-10,13,21-23,28H,11-12,14-16,18H2. The van der Waals surface area contributed by atoms with Crippen LogP contribution < -0.4 is 0 Å². The van der Waals surface area contributed by atoms with E-state index in [-0.39, 0.29) is 54.4 Å². The zero-order valence-electron chi connectivity index (χ0n) is 20.4. The van der Waals surface area contributed by atoms with Crippen molar-refractivity contribution in [3.8, 4) is 17.2 Å². The van der Waals surface area contributed by atoms with E-state index in [2.05, 4.69) is 24.3 Å². The van der Waals surface area contributed by atoms with E-state index in [0.717, 1.165) is 12.8 Å². The first kappa shape index (κ1) is 23.4. The maximum Gasteiger partial charge on any atom is 0.410 e. The third-order valence-corrected chi connectivity index (χ3v) is 8.28. The van der Waals surface area contributed by atoms with Crippen LogP contribution in [-0.4, -0.2) is 35.5 Å². The highest BCUT2D eigenvalue weighted by Crippen LogP contribution is 2.45. The quantitative estimate of drug-likeness (QED) is 0.436. The zero-order valence-corrected chi connectivity index (χ0v) is 20.4. The molecule has 3 aromatic rings. The molecule has 0 aromatic heterocycles. The van der Waals surface area contributed by atoms with Crippen LogP contribution in [0.15, 0.2) is 66.7 Å². The average molecular weight is 495 g/mol. The van der Waals surface area contributed by atoms with Gasteiger partial charge >= 0.3 is 6.09 Å². The van der Waals surface area contributed by atoms with Gasteiger partial charge in [-0.15, -0.1) is 0 Å². The smallest absolute Gasteiger partial charge is 0.410 e. The zero-order chi connectivity index (χ0) is 25.5. The number of carbonyl (C=O) groups is 2. The third-order valence-electron chi connectivity index (χ3n) is 8.28. The van der Waals surface area contributed by atoms with Gasteiger partial charge in [-0.2, -0.15) is 5.26 Å². The van der Waals surface area contributed by atoms with Crippen LogP contribution in [0, 0.1) is 23.1 Å². The van der Waals surface area contributed by atoms with Crippen LogP contribution in [0.4, 0.5) is 9.18 Å². The minimum Gasteiger partial charge on any atom is -0.448 e. The van der Waals surface area contributed by atoms with Gasteiger partial charge in [0.2, 0.25) is 0 Å². The summed E-state index contributed by atoms with van der Waals surface area (Å²) >= 11 is 0. The summed E-state index contributed by atoms with van der Waals surface area (Å²) in [5, 5.41) is 8.93. The fourth-order valence-electron chi connectivity index (χ4n) is 6.50. The fourth-order valence-corrected chi connectivity index (χ4v) is 6.50. The molecule has 2 unspecified atom stereocenters. The Morgan fingerprint density at radius 1 is 0.946 bits per heavy atom. The Balaban J connectivity index is 1.10. The fraction of sp³-hybridized carbons (Fsp3) is 0.323. The summed E-state index contributed by atoms with van der Waals surface area (Å²) in [6.45, 7) is 0.281. The number of ketones is 1. The van der Waals surface area contributed by atoms with E-state index in [4.69, 9.17) is 10.00 Å². The summed E-state index contributed by atoms with van der Waals surface area (Å²) in [7, 11) is 0. The van der Waals surface area contributed by atoms with E-state index in [1.54, 1.807) is 0 Å². The number of amides is 1. The Hall–Kier alpha value is -3.98. The van der Waals surface area contributed by atoms with Crippen molar-refractivity contribution in [2.24, 2.45) is 5.92 Å². The molecule has 1 amide bonds. The van der Waals surface area contributed by atoms with Crippen molar-refractivity contribution in [2.75, 3.05) is 6.61 Å². The highest BCUT2D eigenvalue weighted by atomic mass is 19.1. The maximum atomic E-state index is 14.3. The summed E-state index contributed by atoms with van der Waals surface area (Å²) in [5.41, 5.74) is 5.30. The lowest BCUT2D eigenvalue weighted by Crippen LogP contribution is -2.48. The maximum absolute atomic E-state index is 14.3. The number of benzene rings is 3. The number of carbonyl (C=O) groups excluding carboxylic acids is 2. The van der Waals surface area contributed by atoms with Crippen LogP contribution in [0.25, 0.3) is 11.1 Å². The van der Waals surface area contributed by atoms with Crippen molar-refractivity contribution in [2.45, 2.75) is 50.1 Å². The Labute approximate surface area is 215 Å². The molecular formula is C31H27FN2O3. The number of ether oxygens (including phenoxy) is 1. The number of Topliss-reactive ketones (excluding diaryl/α,β-unsaturated/α-hetero) is 1. The van der Waals surface area contributed by atoms with E-state index >= 15 is 0 Å². The monoisotopic (exact) mass is 494 g/mol. The number of nitrogens with zero attached hydrogens (tertiary/aromatic N) is 2. The van der Waals surface area contributed by atoms with E-state index in [9.17, 15) is 14.0 Å². The first-order chi connectivity index (χ1) is 18.0. The number of nitriles is 1. The van der Waals surface area contributed by atoms with Crippen LogP contribution in [-0.2, 0) is 16.0 Å². The molecule has 2 heterocycles. The molecule has 0 radical (unpaired) electrons. The van der Waals surface area contributed by atoms with E-state index < -0.39 is 5.82 Å². The number of piperidine rings is 1. The van der Waals surface area contributed by atoms with Crippen molar-refractivity contribution in [3.63, 3.8) is 0 Å². The number of hydrogen-bond donors (Lipinski definition) is 0. The van der Waals surface area contributed by atoms with Gasteiger partial charge in [-0.1, -0.05) is 54.6 Å². The largest absolute Gasteiger partial charge is 0.448 e. The van der Waals surface area contributed by atoms with Crippen LogP contribution in [0.5, 0.6) is 0 Å². The van der Waals surface area contributed by atoms with Crippen LogP contribution in [0.2, 0.25) is 0 Å². The van der Waals surface area contributed by atoms with E-state index in [0.29, 0.717) is 18.4 Å². The second-order valence-electron chi connectivity index (χ2n) is 10.3. The minimum absolute atomic E-state index is 0.00654. The Bertz CT molecular complexity index is 1370. The van der Waals surface area contributed by atoms with Gasteiger partial charge in [-0.05, 0) is 65.6 Å². The molecule has 3 aromatic carbocycles. The Morgan fingerprint density at radius 3 is 2.16 bits per heavy atom. The highest BCUT2D eigenvalue weighted by molar-refractivity contribution is 5.84. The predicted octanol–water partition coefficient (Wildman–Crippen LogP) is 6.00. The molecule has 2 fully saturated rings. The van der Waals surface area contributed by atoms with Gasteiger partial charge in [-0.3, -0.25) is 4.79 Å². The SMILES string of the molecule is N#Cc1ccc(CC(=O)C2CC3CCC(C2)N3C(=O)OCC2c3ccccc3-c3ccccc32)c(F)c1. The van der Waals surface area contributed by atoms with Crippen LogP contribution >= 0.6 is 0 Å². The summed E-state index contributed by atoms with van der Waals surface area (Å²) in [5.74, 6) is -0.722. The molecule has 0 saturated carbocycles. The summed E-state index contributed by atoms with van der Waals surface area (Å²) in [6, 6.07) is 22.6. The molecule has 2 saturated heterocycles. The van der Waals surface area contributed by atoms with Crippen molar-refractivity contribution in [1.29, 1.82) is 5.26 Å². The summed E-state index contributed by atoms with van der Waals surface area (Å²) in [6.07, 6.45) is 2.56. The lowest BCUT2D eigenvalue weighted by molar-refractivity contribution is -0.124. The number of rotatable bonds is 5. The second kappa shape index (κ2) is 9.48. The van der Waals surface area contributed by atoms with E-state index in [1.165, 1.54) is 40.5 Å². The molecule has 2 bridgehead atoms. The number of hydrogen-bond acceptors (Lipinski definition) is 4. The second-order valence-corrected chi connectivity index (χ2v) is 10.3. The molecule has 6 rings (SSSR count). The third kappa shape index (κ3) is 4.19. The highest BCUT2D eigenvalue weighted by Gasteiger charge is 2.46. The topological polar surface area (TPSA) is 70.4 Å². The molecule has 0 N–H and O–H groups in total. The number of fused-ring (bicyclic) bond motifs is 5. The van der Waals surface area contributed by atoms with Crippen LogP contribution in [0.1, 0.15) is 53.9 Å². The molecule has 37 heavy (non-hydrogen) atoms. The van der Waals surface area contributed by atoms with E-state index in [1.807, 2.05) is 35.2 Å². The normalized spacial score (nSPS) is 21.7. The van der Waals surface area contributed by atoms with Gasteiger partial charge in [-0.25, -0.2) is 9.18 Å². The van der Waals surface area contributed by atoms with Crippen molar-refractivity contribution in [3.05, 3.63) is 94.8 Å². The van der Waals surface area contributed by atoms with Gasteiger partial charge in [0.25, 0.3) is 0 Å². The van der Waals surface area contributed by atoms with Crippen molar-refractivity contribution < 1.29 is 18.7 Å². The predicted molar refractivity (Wildman–Crippen MR) is 136 cm³/mol. The summed E-state index contributed by atoms with van der Waals surface area (Å²) < 4.78 is 20.2. The Kier molecular flexibility index (Phi) is 6.00. The molecule has 6 heteroatoms.